The van der Waals surface area contributed by atoms with E-state index in [1.165, 1.54) is 18.3 Å². The molecule has 0 atom stereocenters. The number of amides is 1. The van der Waals surface area contributed by atoms with Crippen molar-refractivity contribution >= 4 is 11.6 Å². The molecule has 1 amide bonds. The van der Waals surface area contributed by atoms with Gasteiger partial charge in [0.1, 0.15) is 11.5 Å². The van der Waals surface area contributed by atoms with Crippen LogP contribution in [0.5, 0.6) is 0 Å². The van der Waals surface area contributed by atoms with Crippen LogP contribution in [0.4, 0.5) is 10.1 Å². The molecule has 0 saturated heterocycles. The molecule has 7 heteroatoms. The summed E-state index contributed by atoms with van der Waals surface area (Å²) in [6, 6.07) is 4.05. The lowest BCUT2D eigenvalue weighted by atomic mass is 10.2. The SMILES string of the molecule is O=C(Nc1ccc(C#CCCO)c(F)c1)c1c[nH]c(=O)[nH]1. The number of benzene rings is 1. The quantitative estimate of drug-likeness (QED) is 0.630. The van der Waals surface area contributed by atoms with E-state index in [1.54, 1.807) is 0 Å². The second kappa shape index (κ2) is 6.54. The number of H-pyrrole nitrogens is 2. The van der Waals surface area contributed by atoms with Crippen molar-refractivity contribution in [1.29, 1.82) is 0 Å². The normalized spacial score (nSPS) is 9.81. The largest absolute Gasteiger partial charge is 0.395 e. The third-order valence-electron chi connectivity index (χ3n) is 2.53. The van der Waals surface area contributed by atoms with E-state index in [0.717, 1.165) is 6.07 Å². The number of anilines is 1. The third-order valence-corrected chi connectivity index (χ3v) is 2.53. The average Bonchev–Trinajstić information content (AvgIpc) is 2.88. The summed E-state index contributed by atoms with van der Waals surface area (Å²) in [6.07, 6.45) is 1.49. The van der Waals surface area contributed by atoms with Crippen LogP contribution in [-0.4, -0.2) is 27.6 Å². The molecule has 21 heavy (non-hydrogen) atoms. The molecule has 6 nitrogen and oxygen atoms in total. The fourth-order valence-electron chi connectivity index (χ4n) is 1.56. The summed E-state index contributed by atoms with van der Waals surface area (Å²) in [5.41, 5.74) is -0.0307. The molecule has 0 unspecified atom stereocenters. The van der Waals surface area contributed by atoms with Gasteiger partial charge in [-0.1, -0.05) is 11.8 Å². The van der Waals surface area contributed by atoms with E-state index < -0.39 is 17.4 Å². The maximum atomic E-state index is 13.8. The van der Waals surface area contributed by atoms with Crippen molar-refractivity contribution in [2.75, 3.05) is 11.9 Å². The van der Waals surface area contributed by atoms with Gasteiger partial charge in [-0.3, -0.25) is 4.79 Å². The van der Waals surface area contributed by atoms with Gasteiger partial charge in [-0.25, -0.2) is 9.18 Å². The molecule has 0 aliphatic carbocycles. The number of carbonyl (C=O) groups excluding carboxylic acids is 1. The van der Waals surface area contributed by atoms with E-state index in [9.17, 15) is 14.0 Å². The zero-order valence-electron chi connectivity index (χ0n) is 10.9. The van der Waals surface area contributed by atoms with Crippen molar-refractivity contribution < 1.29 is 14.3 Å². The first-order valence-corrected chi connectivity index (χ1v) is 6.08. The van der Waals surface area contributed by atoms with E-state index in [0.29, 0.717) is 0 Å². The van der Waals surface area contributed by atoms with Gasteiger partial charge in [0.15, 0.2) is 0 Å². The predicted octanol–water partition coefficient (Wildman–Crippen LogP) is 0.828. The summed E-state index contributed by atoms with van der Waals surface area (Å²) < 4.78 is 13.8. The first-order valence-electron chi connectivity index (χ1n) is 6.08. The maximum Gasteiger partial charge on any atom is 0.323 e. The number of aliphatic hydroxyl groups excluding tert-OH is 1. The maximum absolute atomic E-state index is 13.8. The van der Waals surface area contributed by atoms with Crippen molar-refractivity contribution in [3.8, 4) is 11.8 Å². The summed E-state index contributed by atoms with van der Waals surface area (Å²) in [5.74, 6) is 4.04. The molecule has 1 aromatic carbocycles. The van der Waals surface area contributed by atoms with Gasteiger partial charge < -0.3 is 20.4 Å². The summed E-state index contributed by atoms with van der Waals surface area (Å²) in [4.78, 5) is 27.2. The average molecular weight is 289 g/mol. The van der Waals surface area contributed by atoms with Gasteiger partial charge >= 0.3 is 5.69 Å². The molecule has 2 aromatic rings. The number of rotatable bonds is 3. The van der Waals surface area contributed by atoms with Crippen molar-refractivity contribution in [3.63, 3.8) is 0 Å². The second-order valence-corrected chi connectivity index (χ2v) is 4.08. The Morgan fingerprint density at radius 1 is 1.43 bits per heavy atom. The van der Waals surface area contributed by atoms with E-state index >= 15 is 0 Å². The van der Waals surface area contributed by atoms with Crippen molar-refractivity contribution in [2.45, 2.75) is 6.42 Å². The lowest BCUT2D eigenvalue weighted by Crippen LogP contribution is -2.14. The Hall–Kier alpha value is -2.85. The molecular weight excluding hydrogens is 277 g/mol. The number of aromatic nitrogens is 2. The Kier molecular flexibility index (Phi) is 4.53. The summed E-state index contributed by atoms with van der Waals surface area (Å²) in [6.45, 7) is -0.0857. The van der Waals surface area contributed by atoms with Crippen molar-refractivity contribution in [2.24, 2.45) is 0 Å². The second-order valence-electron chi connectivity index (χ2n) is 4.08. The Morgan fingerprint density at radius 3 is 2.86 bits per heavy atom. The number of aliphatic hydroxyl groups is 1. The van der Waals surface area contributed by atoms with Crippen LogP contribution in [0.3, 0.4) is 0 Å². The molecule has 2 rings (SSSR count). The molecule has 1 heterocycles. The van der Waals surface area contributed by atoms with Crippen LogP contribution in [0.15, 0.2) is 29.2 Å². The van der Waals surface area contributed by atoms with Gasteiger partial charge in [0.25, 0.3) is 5.91 Å². The zero-order chi connectivity index (χ0) is 15.2. The van der Waals surface area contributed by atoms with Crippen LogP contribution >= 0.6 is 0 Å². The van der Waals surface area contributed by atoms with E-state index in [-0.39, 0.29) is 30.0 Å². The molecule has 1 aromatic heterocycles. The molecule has 108 valence electrons. The van der Waals surface area contributed by atoms with Gasteiger partial charge in [0.05, 0.1) is 12.2 Å². The highest BCUT2D eigenvalue weighted by Crippen LogP contribution is 2.14. The summed E-state index contributed by atoms with van der Waals surface area (Å²) >= 11 is 0. The number of carbonyl (C=O) groups is 1. The molecular formula is C14H12FN3O3. The Morgan fingerprint density at radius 2 is 2.24 bits per heavy atom. The Bertz CT molecular complexity index is 768. The number of aromatic amines is 2. The first-order chi connectivity index (χ1) is 10.1. The smallest absolute Gasteiger partial charge is 0.323 e. The minimum Gasteiger partial charge on any atom is -0.395 e. The van der Waals surface area contributed by atoms with Gasteiger partial charge in [-0.05, 0) is 18.2 Å². The first kappa shape index (κ1) is 14.6. The molecule has 4 N–H and O–H groups in total. The minimum absolute atomic E-state index is 0.0484. The van der Waals surface area contributed by atoms with Crippen LogP contribution < -0.4 is 11.0 Å². The number of nitrogens with one attached hydrogen (secondary N) is 3. The molecule has 0 fully saturated rings. The molecule has 0 bridgehead atoms. The Labute approximate surface area is 119 Å². The molecule has 0 spiro atoms. The standard InChI is InChI=1S/C14H12FN3O3/c15-11-7-10(5-4-9(11)3-1-2-6-19)17-13(20)12-8-16-14(21)18-12/h4-5,7-8,19H,2,6H2,(H,17,20)(H2,16,18,21). The highest BCUT2D eigenvalue weighted by Gasteiger charge is 2.09. The van der Waals surface area contributed by atoms with E-state index in [1.807, 2.05) is 0 Å². The minimum atomic E-state index is -0.583. The predicted molar refractivity (Wildman–Crippen MR) is 74.3 cm³/mol. The zero-order valence-corrected chi connectivity index (χ0v) is 10.9. The number of hydrogen-bond acceptors (Lipinski definition) is 3. The van der Waals surface area contributed by atoms with Crippen LogP contribution in [0, 0.1) is 17.7 Å². The fourth-order valence-corrected chi connectivity index (χ4v) is 1.56. The van der Waals surface area contributed by atoms with Crippen molar-refractivity contribution in [1.82, 2.24) is 9.97 Å². The van der Waals surface area contributed by atoms with Crippen molar-refractivity contribution in [3.05, 3.63) is 52.0 Å². The lowest BCUT2D eigenvalue weighted by molar-refractivity contribution is 0.102. The topological polar surface area (TPSA) is 98.0 Å². The molecule has 0 saturated carbocycles. The summed E-state index contributed by atoms with van der Waals surface area (Å²) in [5, 5.41) is 11.0. The van der Waals surface area contributed by atoms with Crippen LogP contribution in [-0.2, 0) is 0 Å². The highest BCUT2D eigenvalue weighted by molar-refractivity contribution is 6.02. The number of halogens is 1. The molecule has 0 aliphatic heterocycles. The molecule has 0 aliphatic rings. The van der Waals surface area contributed by atoms with Crippen LogP contribution in [0.1, 0.15) is 22.5 Å². The Balaban J connectivity index is 2.12. The van der Waals surface area contributed by atoms with Crippen LogP contribution in [0.25, 0.3) is 0 Å². The van der Waals surface area contributed by atoms with E-state index in [2.05, 4.69) is 27.1 Å². The van der Waals surface area contributed by atoms with Gasteiger partial charge in [-0.2, -0.15) is 0 Å². The lowest BCUT2D eigenvalue weighted by Gasteiger charge is -2.04. The van der Waals surface area contributed by atoms with Gasteiger partial charge in [0.2, 0.25) is 0 Å². The van der Waals surface area contributed by atoms with Crippen LogP contribution in [0.2, 0.25) is 0 Å². The van der Waals surface area contributed by atoms with E-state index in [4.69, 9.17) is 5.11 Å². The molecule has 0 radical (unpaired) electrons. The monoisotopic (exact) mass is 289 g/mol. The third kappa shape index (κ3) is 3.81. The highest BCUT2D eigenvalue weighted by atomic mass is 19.1. The number of hydrogen-bond donors (Lipinski definition) is 4. The van der Waals surface area contributed by atoms with Gasteiger partial charge in [-0.15, -0.1) is 0 Å². The van der Waals surface area contributed by atoms with Gasteiger partial charge in [0, 0.05) is 18.3 Å². The fraction of sp³-hybridized carbons (Fsp3) is 0.143. The number of imidazole rings is 1. The summed E-state index contributed by atoms with van der Waals surface area (Å²) in [7, 11) is 0.